The van der Waals surface area contributed by atoms with Gasteiger partial charge in [0.2, 0.25) is 0 Å². The van der Waals surface area contributed by atoms with Crippen LogP contribution in [0, 0.1) is 11.3 Å². The quantitative estimate of drug-likeness (QED) is 0.496. The van der Waals surface area contributed by atoms with Gasteiger partial charge in [-0.2, -0.15) is 5.26 Å². The molecule has 0 unspecified atom stereocenters. The molecular weight excluding hydrogens is 374 g/mol. The Hall–Kier alpha value is -3.50. The summed E-state index contributed by atoms with van der Waals surface area (Å²) in [5, 5.41) is 9.32. The van der Waals surface area contributed by atoms with E-state index in [-0.39, 0.29) is 18.0 Å². The Labute approximate surface area is 165 Å². The van der Waals surface area contributed by atoms with E-state index in [1.54, 1.807) is 32.3 Å². The molecule has 0 fully saturated rings. The van der Waals surface area contributed by atoms with Crippen LogP contribution in [0.2, 0.25) is 0 Å². The highest BCUT2D eigenvalue weighted by Gasteiger charge is 2.34. The van der Waals surface area contributed by atoms with Crippen molar-refractivity contribution < 1.29 is 14.0 Å². The number of fused-ring (bicyclic) bond motifs is 1. The van der Waals surface area contributed by atoms with Gasteiger partial charge in [0.15, 0.2) is 0 Å². The second-order valence-corrected chi connectivity index (χ2v) is 7.37. The van der Waals surface area contributed by atoms with E-state index < -0.39 is 5.91 Å². The molecular formula is C21H15N3O3S. The minimum atomic E-state index is -0.536. The fourth-order valence-corrected chi connectivity index (χ4v) is 4.10. The number of hydrogen-bond donors (Lipinski definition) is 0. The lowest BCUT2D eigenvalue weighted by molar-refractivity contribution is -0.140. The molecule has 0 atom stereocenters. The molecule has 3 aromatic heterocycles. The zero-order chi connectivity index (χ0) is 19.8. The number of furan rings is 1. The normalized spacial score (nSPS) is 16.3. The Morgan fingerprint density at radius 3 is 2.79 bits per heavy atom. The summed E-state index contributed by atoms with van der Waals surface area (Å²) in [6.07, 6.45) is 5.16. The first-order chi connectivity index (χ1) is 13.5. The second-order valence-electron chi connectivity index (χ2n) is 6.25. The van der Waals surface area contributed by atoms with Crippen LogP contribution >= 0.6 is 11.3 Å². The van der Waals surface area contributed by atoms with E-state index in [4.69, 9.17) is 4.42 Å². The number of pyridine rings is 1. The van der Waals surface area contributed by atoms with Crippen LogP contribution in [-0.4, -0.2) is 28.2 Å². The minimum absolute atomic E-state index is 0.00630. The van der Waals surface area contributed by atoms with Crippen LogP contribution < -0.4 is 0 Å². The summed E-state index contributed by atoms with van der Waals surface area (Å²) >= 11 is 1.48. The fourth-order valence-electron chi connectivity index (χ4n) is 3.14. The van der Waals surface area contributed by atoms with Crippen molar-refractivity contribution in [2.75, 3.05) is 6.54 Å². The van der Waals surface area contributed by atoms with E-state index in [1.165, 1.54) is 11.3 Å². The van der Waals surface area contributed by atoms with Crippen molar-refractivity contribution in [1.29, 1.82) is 5.26 Å². The van der Waals surface area contributed by atoms with Crippen LogP contribution in [0.15, 0.2) is 57.8 Å². The molecule has 0 radical (unpaired) electrons. The molecule has 4 rings (SSSR count). The smallest absolute Gasteiger partial charge is 0.271 e. The van der Waals surface area contributed by atoms with Crippen LogP contribution in [0.4, 0.5) is 0 Å². The Morgan fingerprint density at radius 1 is 1.32 bits per heavy atom. The Kier molecular flexibility index (Phi) is 4.41. The first-order valence-electron chi connectivity index (χ1n) is 8.66. The first-order valence-corrected chi connectivity index (χ1v) is 9.48. The van der Waals surface area contributed by atoms with E-state index in [2.05, 4.69) is 4.98 Å². The van der Waals surface area contributed by atoms with Crippen molar-refractivity contribution in [3.8, 4) is 17.4 Å². The van der Waals surface area contributed by atoms with Gasteiger partial charge in [-0.15, -0.1) is 11.3 Å². The molecule has 0 saturated heterocycles. The molecule has 138 valence electrons. The third-order valence-corrected chi connectivity index (χ3v) is 5.61. The van der Waals surface area contributed by atoms with Gasteiger partial charge >= 0.3 is 0 Å². The van der Waals surface area contributed by atoms with E-state index in [0.717, 1.165) is 25.8 Å². The largest absolute Gasteiger partial charge is 0.455 e. The summed E-state index contributed by atoms with van der Waals surface area (Å²) in [5.41, 5.74) is 2.37. The SMILES string of the molecule is CCN1C(=O)C(C#N)=C(C)/C(=C/c2cc3oc(-c4cccnc4)cc3s2)C1=O. The van der Waals surface area contributed by atoms with Crippen LogP contribution in [0.25, 0.3) is 27.7 Å². The summed E-state index contributed by atoms with van der Waals surface area (Å²) in [6.45, 7) is 3.56. The van der Waals surface area contributed by atoms with E-state index in [9.17, 15) is 14.9 Å². The summed E-state index contributed by atoms with van der Waals surface area (Å²) < 4.78 is 6.85. The van der Waals surface area contributed by atoms with Gasteiger partial charge in [-0.1, -0.05) is 0 Å². The Balaban J connectivity index is 1.76. The molecule has 0 aliphatic carbocycles. The molecule has 6 nitrogen and oxygen atoms in total. The average Bonchev–Trinajstić information content (AvgIpc) is 3.25. The van der Waals surface area contributed by atoms with E-state index in [0.29, 0.717) is 16.7 Å². The van der Waals surface area contributed by atoms with Gasteiger partial charge in [-0.05, 0) is 43.7 Å². The number of carbonyl (C=O) groups is 2. The number of amides is 2. The molecule has 3 aromatic rings. The van der Waals surface area contributed by atoms with Gasteiger partial charge in [0, 0.05) is 41.0 Å². The Bertz CT molecular complexity index is 1180. The van der Waals surface area contributed by atoms with E-state index in [1.807, 2.05) is 30.3 Å². The molecule has 0 bridgehead atoms. The number of imide groups is 1. The summed E-state index contributed by atoms with van der Waals surface area (Å²) in [4.78, 5) is 31.0. The zero-order valence-electron chi connectivity index (χ0n) is 15.2. The Morgan fingerprint density at radius 2 is 2.14 bits per heavy atom. The monoisotopic (exact) mass is 389 g/mol. The van der Waals surface area contributed by atoms with Crippen molar-refractivity contribution in [2.24, 2.45) is 0 Å². The molecule has 0 saturated carbocycles. The molecule has 0 spiro atoms. The zero-order valence-corrected chi connectivity index (χ0v) is 16.0. The third-order valence-electron chi connectivity index (χ3n) is 4.60. The van der Waals surface area contributed by atoms with Gasteiger partial charge < -0.3 is 4.42 Å². The third kappa shape index (κ3) is 2.84. The number of nitriles is 1. The van der Waals surface area contributed by atoms with Gasteiger partial charge in [0.25, 0.3) is 11.8 Å². The van der Waals surface area contributed by atoms with Gasteiger partial charge in [0.05, 0.1) is 4.70 Å². The average molecular weight is 389 g/mol. The van der Waals surface area contributed by atoms with Crippen LogP contribution in [0.5, 0.6) is 0 Å². The molecule has 1 aliphatic heterocycles. The maximum absolute atomic E-state index is 12.7. The predicted octanol–water partition coefficient (Wildman–Crippen LogP) is 4.17. The topological polar surface area (TPSA) is 87.2 Å². The number of likely N-dealkylation sites (N-methyl/N-ethyl adjacent to an activating group) is 1. The molecule has 1 aliphatic rings. The predicted molar refractivity (Wildman–Crippen MR) is 106 cm³/mol. The molecule has 0 aromatic carbocycles. The number of rotatable bonds is 3. The lowest BCUT2D eigenvalue weighted by atomic mass is 9.95. The number of aromatic nitrogens is 1. The molecule has 2 amide bonds. The number of hydrogen-bond acceptors (Lipinski definition) is 6. The van der Waals surface area contributed by atoms with Crippen LogP contribution in [-0.2, 0) is 9.59 Å². The van der Waals surface area contributed by atoms with Crippen molar-refractivity contribution >= 4 is 39.5 Å². The van der Waals surface area contributed by atoms with Gasteiger partial charge in [-0.25, -0.2) is 0 Å². The molecule has 4 heterocycles. The molecule has 7 heteroatoms. The van der Waals surface area contributed by atoms with Crippen molar-refractivity contribution in [3.05, 3.63) is 58.3 Å². The van der Waals surface area contributed by atoms with Crippen molar-refractivity contribution in [1.82, 2.24) is 9.88 Å². The van der Waals surface area contributed by atoms with Crippen molar-refractivity contribution in [2.45, 2.75) is 13.8 Å². The highest BCUT2D eigenvalue weighted by molar-refractivity contribution is 7.19. The molecule has 0 N–H and O–H groups in total. The first kappa shape index (κ1) is 17.9. The molecule has 28 heavy (non-hydrogen) atoms. The summed E-state index contributed by atoms with van der Waals surface area (Å²) in [5.74, 6) is -0.191. The maximum atomic E-state index is 12.7. The number of nitrogens with zero attached hydrogens (tertiary/aromatic N) is 3. The van der Waals surface area contributed by atoms with E-state index >= 15 is 0 Å². The lowest BCUT2D eigenvalue weighted by Gasteiger charge is -2.26. The van der Waals surface area contributed by atoms with Crippen LogP contribution in [0.3, 0.4) is 0 Å². The minimum Gasteiger partial charge on any atom is -0.455 e. The summed E-state index contributed by atoms with van der Waals surface area (Å²) in [7, 11) is 0. The fraction of sp³-hybridized carbons (Fsp3) is 0.143. The second kappa shape index (κ2) is 6.91. The van der Waals surface area contributed by atoms with Gasteiger partial charge in [-0.3, -0.25) is 19.5 Å². The standard InChI is InChI=1S/C21H15N3O3S/c1-3-24-20(25)15(12(2)16(10-22)21(24)26)7-14-8-18-19(28-14)9-17(27-18)13-5-4-6-23-11-13/h4-9,11H,3H2,1-2H3/b15-7-. The van der Waals surface area contributed by atoms with Gasteiger partial charge in [0.1, 0.15) is 23.0 Å². The lowest BCUT2D eigenvalue weighted by Crippen LogP contribution is -2.42. The summed E-state index contributed by atoms with van der Waals surface area (Å²) in [6, 6.07) is 9.49. The van der Waals surface area contributed by atoms with Crippen molar-refractivity contribution in [3.63, 3.8) is 0 Å². The maximum Gasteiger partial charge on any atom is 0.271 e. The number of thiophene rings is 1. The highest BCUT2D eigenvalue weighted by atomic mass is 32.1. The van der Waals surface area contributed by atoms with Crippen LogP contribution in [0.1, 0.15) is 18.7 Å². The number of carbonyl (C=O) groups excluding carboxylic acids is 2. The highest BCUT2D eigenvalue weighted by Crippen LogP contribution is 2.35.